The predicted octanol–water partition coefficient (Wildman–Crippen LogP) is 2.47. The highest BCUT2D eigenvalue weighted by molar-refractivity contribution is 5.98. The smallest absolute Gasteiger partial charge is 0.216 e. The van der Waals surface area contributed by atoms with Gasteiger partial charge in [-0.25, -0.2) is 0 Å². The first-order valence-electron chi connectivity index (χ1n) is 7.57. The number of amides is 1. The second kappa shape index (κ2) is 7.74. The molecule has 5 heteroatoms. The van der Waals surface area contributed by atoms with Crippen molar-refractivity contribution in [1.29, 1.82) is 0 Å². The number of para-hydroxylation sites is 1. The van der Waals surface area contributed by atoms with Gasteiger partial charge in [-0.3, -0.25) is 9.59 Å². The van der Waals surface area contributed by atoms with Crippen LogP contribution in [-0.2, 0) is 20.7 Å². The molecule has 0 atom stereocenters. The largest absolute Gasteiger partial charge is 0.380 e. The van der Waals surface area contributed by atoms with Crippen LogP contribution in [0.1, 0.15) is 25.1 Å². The standard InChI is InChI=1S/C18H22N2O3/c1-12(21)10-14(11-23-3)18-16(8-9-19-13(2)22)15-6-4-5-7-17(15)20-18/h4-7,10,20H,8-9,11H2,1-3H3,(H,19,22)/b14-10+. The van der Waals surface area contributed by atoms with Gasteiger partial charge < -0.3 is 15.0 Å². The van der Waals surface area contributed by atoms with Crippen LogP contribution in [0.25, 0.3) is 16.5 Å². The van der Waals surface area contributed by atoms with E-state index in [4.69, 9.17) is 4.74 Å². The number of ether oxygens (including phenoxy) is 1. The van der Waals surface area contributed by atoms with E-state index in [0.717, 1.165) is 27.7 Å². The topological polar surface area (TPSA) is 71.2 Å². The second-order valence-electron chi connectivity index (χ2n) is 5.47. The summed E-state index contributed by atoms with van der Waals surface area (Å²) in [5.41, 5.74) is 3.80. The molecule has 5 nitrogen and oxygen atoms in total. The van der Waals surface area contributed by atoms with Gasteiger partial charge in [0.2, 0.25) is 5.91 Å². The van der Waals surface area contributed by atoms with E-state index in [0.29, 0.717) is 19.6 Å². The highest BCUT2D eigenvalue weighted by Crippen LogP contribution is 2.28. The number of hydrogen-bond donors (Lipinski definition) is 2. The number of H-pyrrole nitrogens is 1. The summed E-state index contributed by atoms with van der Waals surface area (Å²) in [6, 6.07) is 7.98. The Hall–Kier alpha value is -2.40. The number of fused-ring (bicyclic) bond motifs is 1. The molecule has 1 aromatic heterocycles. The number of carbonyl (C=O) groups is 2. The van der Waals surface area contributed by atoms with Gasteiger partial charge in [0, 0.05) is 42.7 Å². The predicted molar refractivity (Wildman–Crippen MR) is 91.2 cm³/mol. The van der Waals surface area contributed by atoms with Crippen LogP contribution in [0, 0.1) is 0 Å². The lowest BCUT2D eigenvalue weighted by molar-refractivity contribution is -0.119. The lowest BCUT2D eigenvalue weighted by Gasteiger charge is -2.09. The van der Waals surface area contributed by atoms with Crippen molar-refractivity contribution in [1.82, 2.24) is 10.3 Å². The molecule has 1 aromatic carbocycles. The molecule has 0 saturated carbocycles. The van der Waals surface area contributed by atoms with Crippen molar-refractivity contribution < 1.29 is 14.3 Å². The number of aromatic amines is 1. The Balaban J connectivity index is 2.47. The molecule has 2 aromatic rings. The van der Waals surface area contributed by atoms with Crippen LogP contribution < -0.4 is 5.32 Å². The van der Waals surface area contributed by atoms with Crippen molar-refractivity contribution in [2.45, 2.75) is 20.3 Å². The number of carbonyl (C=O) groups excluding carboxylic acids is 2. The highest BCUT2D eigenvalue weighted by Gasteiger charge is 2.15. The Morgan fingerprint density at radius 1 is 1.26 bits per heavy atom. The van der Waals surface area contributed by atoms with E-state index in [1.165, 1.54) is 13.8 Å². The van der Waals surface area contributed by atoms with Gasteiger partial charge in [0.1, 0.15) is 0 Å². The molecule has 0 radical (unpaired) electrons. The van der Waals surface area contributed by atoms with E-state index >= 15 is 0 Å². The first-order valence-corrected chi connectivity index (χ1v) is 7.57. The van der Waals surface area contributed by atoms with Crippen molar-refractivity contribution in [2.24, 2.45) is 0 Å². The monoisotopic (exact) mass is 314 g/mol. The van der Waals surface area contributed by atoms with Crippen molar-refractivity contribution in [3.63, 3.8) is 0 Å². The third-order valence-electron chi connectivity index (χ3n) is 3.56. The van der Waals surface area contributed by atoms with Gasteiger partial charge in [-0.05, 0) is 31.1 Å². The summed E-state index contributed by atoms with van der Waals surface area (Å²) < 4.78 is 5.24. The van der Waals surface area contributed by atoms with Crippen molar-refractivity contribution in [3.05, 3.63) is 41.6 Å². The van der Waals surface area contributed by atoms with E-state index in [1.807, 2.05) is 24.3 Å². The van der Waals surface area contributed by atoms with Crippen LogP contribution in [0.4, 0.5) is 0 Å². The molecule has 23 heavy (non-hydrogen) atoms. The quantitative estimate of drug-likeness (QED) is 0.771. The summed E-state index contributed by atoms with van der Waals surface area (Å²) in [5, 5.41) is 3.91. The first-order chi connectivity index (χ1) is 11.0. The zero-order chi connectivity index (χ0) is 16.8. The number of nitrogens with one attached hydrogen (secondary N) is 2. The highest BCUT2D eigenvalue weighted by atomic mass is 16.5. The number of hydrogen-bond acceptors (Lipinski definition) is 3. The van der Waals surface area contributed by atoms with Crippen molar-refractivity contribution >= 4 is 28.2 Å². The second-order valence-corrected chi connectivity index (χ2v) is 5.47. The Labute approximate surface area is 135 Å². The van der Waals surface area contributed by atoms with Gasteiger partial charge in [-0.15, -0.1) is 0 Å². The summed E-state index contributed by atoms with van der Waals surface area (Å²) >= 11 is 0. The van der Waals surface area contributed by atoms with Gasteiger partial charge in [0.05, 0.1) is 6.61 Å². The maximum Gasteiger partial charge on any atom is 0.216 e. The van der Waals surface area contributed by atoms with Gasteiger partial charge in [-0.2, -0.15) is 0 Å². The van der Waals surface area contributed by atoms with E-state index in [9.17, 15) is 9.59 Å². The Morgan fingerprint density at radius 3 is 2.65 bits per heavy atom. The molecule has 0 aliphatic rings. The van der Waals surface area contributed by atoms with Crippen LogP contribution in [0.2, 0.25) is 0 Å². The number of benzene rings is 1. The fourth-order valence-corrected chi connectivity index (χ4v) is 2.68. The molecule has 0 unspecified atom stereocenters. The van der Waals surface area contributed by atoms with E-state index in [-0.39, 0.29) is 11.7 Å². The summed E-state index contributed by atoms with van der Waals surface area (Å²) in [7, 11) is 1.60. The van der Waals surface area contributed by atoms with Crippen LogP contribution >= 0.6 is 0 Å². The number of rotatable bonds is 7. The van der Waals surface area contributed by atoms with Crippen LogP contribution in [0.5, 0.6) is 0 Å². The lowest BCUT2D eigenvalue weighted by Crippen LogP contribution is -2.22. The molecule has 0 aliphatic heterocycles. The van der Waals surface area contributed by atoms with Gasteiger partial charge in [-0.1, -0.05) is 18.2 Å². The van der Waals surface area contributed by atoms with E-state index in [1.54, 1.807) is 13.2 Å². The summed E-state index contributed by atoms with van der Waals surface area (Å²) in [4.78, 5) is 26.0. The third-order valence-corrected chi connectivity index (χ3v) is 3.56. The molecule has 1 heterocycles. The maximum atomic E-state index is 11.5. The number of methoxy groups -OCH3 is 1. The molecule has 2 rings (SSSR count). The van der Waals surface area contributed by atoms with Crippen LogP contribution in [0.3, 0.4) is 0 Å². The number of allylic oxidation sites excluding steroid dienone is 1. The fraction of sp³-hybridized carbons (Fsp3) is 0.333. The molecule has 0 fully saturated rings. The number of ketones is 1. The molecule has 2 N–H and O–H groups in total. The molecule has 0 aliphatic carbocycles. The molecule has 0 bridgehead atoms. The van der Waals surface area contributed by atoms with Crippen LogP contribution in [-0.4, -0.2) is 36.9 Å². The fourth-order valence-electron chi connectivity index (χ4n) is 2.68. The third kappa shape index (κ3) is 4.29. The molecule has 122 valence electrons. The normalized spacial score (nSPS) is 11.7. The van der Waals surface area contributed by atoms with Gasteiger partial charge in [0.25, 0.3) is 0 Å². The molecule has 1 amide bonds. The maximum absolute atomic E-state index is 11.5. The Kier molecular flexibility index (Phi) is 5.71. The SMILES string of the molecule is COC/C(=C\C(C)=O)c1[nH]c2ccccc2c1CCNC(C)=O. The molecule has 0 saturated heterocycles. The first kappa shape index (κ1) is 17.0. The molecule has 0 spiro atoms. The number of aromatic nitrogens is 1. The average Bonchev–Trinajstić information content (AvgIpc) is 2.85. The Bertz CT molecular complexity index is 744. The van der Waals surface area contributed by atoms with Crippen molar-refractivity contribution in [3.8, 4) is 0 Å². The van der Waals surface area contributed by atoms with Gasteiger partial charge in [0.15, 0.2) is 5.78 Å². The van der Waals surface area contributed by atoms with Crippen molar-refractivity contribution in [2.75, 3.05) is 20.3 Å². The van der Waals surface area contributed by atoms with E-state index in [2.05, 4.69) is 10.3 Å². The summed E-state index contributed by atoms with van der Waals surface area (Å²) in [6.07, 6.45) is 2.27. The molecular formula is C18H22N2O3. The van der Waals surface area contributed by atoms with E-state index < -0.39 is 0 Å². The minimum absolute atomic E-state index is 0.0245. The van der Waals surface area contributed by atoms with Gasteiger partial charge >= 0.3 is 0 Å². The Morgan fingerprint density at radius 2 is 2.00 bits per heavy atom. The minimum atomic E-state index is -0.0530. The zero-order valence-electron chi connectivity index (χ0n) is 13.7. The lowest BCUT2D eigenvalue weighted by atomic mass is 10.0. The summed E-state index contributed by atoms with van der Waals surface area (Å²) in [6.45, 7) is 3.92. The minimum Gasteiger partial charge on any atom is -0.380 e. The van der Waals surface area contributed by atoms with Crippen LogP contribution in [0.15, 0.2) is 30.3 Å². The summed E-state index contributed by atoms with van der Waals surface area (Å²) in [5.74, 6) is -0.0775. The molecular weight excluding hydrogens is 292 g/mol. The average molecular weight is 314 g/mol. The zero-order valence-corrected chi connectivity index (χ0v) is 13.7.